The topological polar surface area (TPSA) is 6.48 Å². The maximum absolute atomic E-state index is 2.51. The second kappa shape index (κ2) is 16.7. The van der Waals surface area contributed by atoms with Gasteiger partial charge in [-0.2, -0.15) is 0 Å². The summed E-state index contributed by atoms with van der Waals surface area (Å²) in [6, 6.07) is 102. The maximum Gasteiger partial charge on any atom is 0.0725 e. The smallest absolute Gasteiger partial charge is 0.0725 e. The number of hydrogen-bond donors (Lipinski definition) is 0. The summed E-state index contributed by atoms with van der Waals surface area (Å²) in [5.74, 6) is 0. The van der Waals surface area contributed by atoms with E-state index in [1.165, 1.54) is 66.8 Å². The molecule has 0 N–H and O–H groups in total. The van der Waals surface area contributed by atoms with Crippen LogP contribution in [0.15, 0.2) is 279 Å². The summed E-state index contributed by atoms with van der Waals surface area (Å²) in [6.45, 7) is 0. The van der Waals surface area contributed by atoms with Crippen molar-refractivity contribution in [2.75, 3.05) is 9.80 Å². The molecule has 0 unspecified atom stereocenters. The molecule has 13 rings (SSSR count). The van der Waals surface area contributed by atoms with E-state index in [-0.39, 0.29) is 0 Å². The van der Waals surface area contributed by atoms with E-state index in [1.54, 1.807) is 0 Å². The summed E-state index contributed by atoms with van der Waals surface area (Å²) < 4.78 is 0. The van der Waals surface area contributed by atoms with Crippen LogP contribution in [0.4, 0.5) is 34.1 Å². The molecule has 0 fully saturated rings. The van der Waals surface area contributed by atoms with Crippen LogP contribution in [0, 0.1) is 0 Å². The van der Waals surface area contributed by atoms with E-state index in [0.717, 1.165) is 45.3 Å². The molecule has 11 aromatic rings. The van der Waals surface area contributed by atoms with Crippen molar-refractivity contribution in [3.05, 3.63) is 301 Å². The molecule has 0 saturated heterocycles. The van der Waals surface area contributed by atoms with E-state index in [2.05, 4.69) is 289 Å². The summed E-state index contributed by atoms with van der Waals surface area (Å²) in [6.07, 6.45) is 0. The van der Waals surface area contributed by atoms with E-state index in [0.29, 0.717) is 0 Å². The zero-order valence-corrected chi connectivity index (χ0v) is 38.0. The highest BCUT2D eigenvalue weighted by molar-refractivity contribution is 5.98. The minimum Gasteiger partial charge on any atom is -0.310 e. The Kier molecular flexibility index (Phi) is 9.77. The largest absolute Gasteiger partial charge is 0.310 e. The molecule has 2 nitrogen and oxygen atoms in total. The summed E-state index contributed by atoms with van der Waals surface area (Å²) in [5, 5.41) is 0. The Morgan fingerprint density at radius 1 is 0.203 bits per heavy atom. The number of fused-ring (bicyclic) bond motifs is 10. The fourth-order valence-electron chi connectivity index (χ4n) is 11.2. The second-order valence-corrected chi connectivity index (χ2v) is 18.0. The van der Waals surface area contributed by atoms with Gasteiger partial charge < -0.3 is 9.80 Å². The summed E-state index contributed by atoms with van der Waals surface area (Å²) >= 11 is 0. The van der Waals surface area contributed by atoms with E-state index in [1.807, 2.05) is 0 Å². The average molecular weight is 879 g/mol. The van der Waals surface area contributed by atoms with Crippen LogP contribution in [0.2, 0.25) is 0 Å². The average Bonchev–Trinajstić information content (AvgIpc) is 3.90. The van der Waals surface area contributed by atoms with Gasteiger partial charge in [0.2, 0.25) is 0 Å². The molecule has 0 saturated carbocycles. The molecule has 0 atom stereocenters. The van der Waals surface area contributed by atoms with E-state index in [4.69, 9.17) is 0 Å². The van der Waals surface area contributed by atoms with Gasteiger partial charge in [-0.05, 0) is 145 Å². The first-order chi connectivity index (χ1) is 34.2. The normalized spacial score (nSPS) is 12.5. The molecule has 0 radical (unpaired) electrons. The third kappa shape index (κ3) is 6.64. The van der Waals surface area contributed by atoms with Gasteiger partial charge in [-0.1, -0.05) is 206 Å². The van der Waals surface area contributed by atoms with E-state index < -0.39 is 5.41 Å². The molecule has 2 aliphatic carbocycles. The monoisotopic (exact) mass is 878 g/mol. The van der Waals surface area contributed by atoms with E-state index in [9.17, 15) is 0 Å². The van der Waals surface area contributed by atoms with Crippen LogP contribution in [0.3, 0.4) is 0 Å². The zero-order valence-electron chi connectivity index (χ0n) is 38.0. The molecule has 2 aliphatic rings. The van der Waals surface area contributed by atoms with Crippen molar-refractivity contribution >= 4 is 34.1 Å². The van der Waals surface area contributed by atoms with Crippen molar-refractivity contribution in [2.24, 2.45) is 0 Å². The van der Waals surface area contributed by atoms with Crippen molar-refractivity contribution in [3.8, 4) is 55.6 Å². The minimum atomic E-state index is -0.476. The minimum absolute atomic E-state index is 0.476. The SMILES string of the molecule is c1ccc(-c2ccc(N(c3ccccc3)c3ccc(N(c4ccccc4)c4ccc(-c5ccccc5)cc4)c(-c4ccc5c(c4)C4(c6ccccc6-c6ccccc64)c4ccccc4-5)c3)cc2)cc1. The zero-order chi connectivity index (χ0) is 45.7. The van der Waals surface area contributed by atoms with Gasteiger partial charge in [-0.25, -0.2) is 0 Å². The van der Waals surface area contributed by atoms with Crippen molar-refractivity contribution < 1.29 is 0 Å². The van der Waals surface area contributed by atoms with Gasteiger partial charge in [0.1, 0.15) is 0 Å². The quantitative estimate of drug-likeness (QED) is 0.143. The summed E-state index contributed by atoms with van der Waals surface area (Å²) in [4.78, 5) is 4.81. The van der Waals surface area contributed by atoms with Crippen LogP contribution in [-0.4, -0.2) is 0 Å². The van der Waals surface area contributed by atoms with Crippen molar-refractivity contribution in [2.45, 2.75) is 5.41 Å². The predicted molar refractivity (Wildman–Crippen MR) is 288 cm³/mol. The lowest BCUT2D eigenvalue weighted by Crippen LogP contribution is -2.25. The van der Waals surface area contributed by atoms with Crippen LogP contribution in [0.25, 0.3) is 55.6 Å². The number of para-hydroxylation sites is 2. The first kappa shape index (κ1) is 40.3. The molecule has 0 amide bonds. The van der Waals surface area contributed by atoms with Crippen molar-refractivity contribution in [1.82, 2.24) is 0 Å². The van der Waals surface area contributed by atoms with Crippen LogP contribution in [-0.2, 0) is 5.41 Å². The third-order valence-electron chi connectivity index (χ3n) is 14.3. The Morgan fingerprint density at radius 2 is 0.551 bits per heavy atom. The Balaban J connectivity index is 1.05. The molecule has 0 aliphatic heterocycles. The van der Waals surface area contributed by atoms with E-state index >= 15 is 0 Å². The molecule has 0 heterocycles. The Labute approximate surface area is 404 Å². The predicted octanol–water partition coefficient (Wildman–Crippen LogP) is 18.0. The lowest BCUT2D eigenvalue weighted by molar-refractivity contribution is 0.794. The molecule has 0 bridgehead atoms. The number of hydrogen-bond acceptors (Lipinski definition) is 2. The highest BCUT2D eigenvalue weighted by Gasteiger charge is 2.51. The maximum atomic E-state index is 2.51. The molecule has 2 heteroatoms. The number of nitrogens with zero attached hydrogens (tertiary/aromatic N) is 2. The van der Waals surface area contributed by atoms with Crippen molar-refractivity contribution in [3.63, 3.8) is 0 Å². The first-order valence-corrected chi connectivity index (χ1v) is 23.8. The molecular formula is C67H46N2. The fraction of sp³-hybridized carbons (Fsp3) is 0.0149. The van der Waals surface area contributed by atoms with Gasteiger partial charge in [0.25, 0.3) is 0 Å². The molecule has 11 aromatic carbocycles. The van der Waals surface area contributed by atoms with Gasteiger partial charge in [-0.3, -0.25) is 0 Å². The lowest BCUT2D eigenvalue weighted by atomic mass is 9.70. The molecule has 324 valence electrons. The highest BCUT2D eigenvalue weighted by atomic mass is 15.2. The van der Waals surface area contributed by atoms with Gasteiger partial charge in [-0.15, -0.1) is 0 Å². The van der Waals surface area contributed by atoms with Crippen LogP contribution < -0.4 is 9.80 Å². The standard InChI is InChI=1S/C67H46N2/c1-5-19-47(20-6-1)49-33-38-54(39-34-49)68(52-23-9-3-10-24-52)56-42-44-66(69(53-25-11-4-12-26-53)55-40-35-50(36-41-55)48-21-7-2-8-22-48)61(46-56)51-37-43-60-59-29-15-18-32-64(59)67(65(60)45-51)62-30-16-13-27-57(62)58-28-14-17-31-63(58)67/h1-46H. The summed E-state index contributed by atoms with van der Waals surface area (Å²) in [7, 11) is 0. The lowest BCUT2D eigenvalue weighted by Gasteiger charge is -2.32. The Morgan fingerprint density at radius 3 is 1.04 bits per heavy atom. The fourth-order valence-corrected chi connectivity index (χ4v) is 11.2. The summed E-state index contributed by atoms with van der Waals surface area (Å²) in [5.41, 5.74) is 23.5. The Hall–Kier alpha value is -8.98. The van der Waals surface area contributed by atoms with Crippen LogP contribution in [0.5, 0.6) is 0 Å². The molecule has 69 heavy (non-hydrogen) atoms. The second-order valence-electron chi connectivity index (χ2n) is 18.0. The Bertz CT molecular complexity index is 3580. The number of rotatable bonds is 9. The molecule has 1 spiro atoms. The van der Waals surface area contributed by atoms with Gasteiger partial charge in [0, 0.05) is 34.0 Å². The van der Waals surface area contributed by atoms with Gasteiger partial charge in [0.05, 0.1) is 11.1 Å². The number of anilines is 6. The highest BCUT2D eigenvalue weighted by Crippen LogP contribution is 2.63. The van der Waals surface area contributed by atoms with Crippen LogP contribution in [0.1, 0.15) is 22.3 Å². The van der Waals surface area contributed by atoms with Crippen molar-refractivity contribution in [1.29, 1.82) is 0 Å². The van der Waals surface area contributed by atoms with Gasteiger partial charge in [0.15, 0.2) is 0 Å². The van der Waals surface area contributed by atoms with Crippen LogP contribution >= 0.6 is 0 Å². The first-order valence-electron chi connectivity index (χ1n) is 23.8. The third-order valence-corrected chi connectivity index (χ3v) is 14.3. The molecule has 0 aromatic heterocycles. The van der Waals surface area contributed by atoms with Gasteiger partial charge >= 0.3 is 0 Å². The number of benzene rings is 11. The molecular weight excluding hydrogens is 833 g/mol.